The molecule has 2 rings (SSSR count). The summed E-state index contributed by atoms with van der Waals surface area (Å²) in [4.78, 5) is 7.86. The summed E-state index contributed by atoms with van der Waals surface area (Å²) in [5.41, 5.74) is 13.0. The van der Waals surface area contributed by atoms with E-state index in [9.17, 15) is 0 Å². The lowest BCUT2D eigenvalue weighted by atomic mass is 10.3. The molecule has 0 atom stereocenters. The van der Waals surface area contributed by atoms with Crippen molar-refractivity contribution < 1.29 is 0 Å². The summed E-state index contributed by atoms with van der Waals surface area (Å²) in [5, 5.41) is 7.45. The summed E-state index contributed by atoms with van der Waals surface area (Å²) in [6, 6.07) is 1.63. The fourth-order valence-electron chi connectivity index (χ4n) is 1.59. The first-order valence-corrected chi connectivity index (χ1v) is 5.28. The molecule has 0 fully saturated rings. The Hall–Kier alpha value is -2.31. The van der Waals surface area contributed by atoms with Crippen LogP contribution in [0.15, 0.2) is 12.3 Å². The first-order chi connectivity index (χ1) is 8.08. The van der Waals surface area contributed by atoms with Crippen LogP contribution in [-0.2, 0) is 13.5 Å². The molecule has 2 aromatic rings. The van der Waals surface area contributed by atoms with Gasteiger partial charge in [0.25, 0.3) is 0 Å². The van der Waals surface area contributed by atoms with Gasteiger partial charge in [-0.05, 0) is 6.42 Å². The highest BCUT2D eigenvalue weighted by Crippen LogP contribution is 2.20. The second kappa shape index (κ2) is 4.28. The highest BCUT2D eigenvalue weighted by Gasteiger charge is 2.07. The highest BCUT2D eigenvalue weighted by molar-refractivity contribution is 5.61. The third-order valence-electron chi connectivity index (χ3n) is 2.27. The Bertz CT molecular complexity index is 511. The molecule has 90 valence electrons. The Labute approximate surface area is 98.9 Å². The van der Waals surface area contributed by atoms with Crippen molar-refractivity contribution in [3.63, 3.8) is 0 Å². The Morgan fingerprint density at radius 3 is 2.76 bits per heavy atom. The standard InChI is InChI=1S/C10H15N7/c1-3-6-7(5-17(2)16-6)13-9-4-8(11)14-10(12)15-9/h4-5H,3H2,1-2H3,(H5,11,12,13,14,15). The van der Waals surface area contributed by atoms with Crippen molar-refractivity contribution in [3.8, 4) is 0 Å². The molecule has 0 aliphatic carbocycles. The molecule has 0 aliphatic heterocycles. The summed E-state index contributed by atoms with van der Waals surface area (Å²) in [6.07, 6.45) is 2.71. The lowest BCUT2D eigenvalue weighted by Gasteiger charge is -2.05. The predicted octanol–water partition coefficient (Wildman–Crippen LogP) is 0.680. The van der Waals surface area contributed by atoms with Crippen LogP contribution in [0.1, 0.15) is 12.6 Å². The van der Waals surface area contributed by atoms with Gasteiger partial charge in [-0.1, -0.05) is 6.92 Å². The van der Waals surface area contributed by atoms with E-state index in [0.717, 1.165) is 17.8 Å². The van der Waals surface area contributed by atoms with Crippen molar-refractivity contribution in [1.82, 2.24) is 19.7 Å². The highest BCUT2D eigenvalue weighted by atomic mass is 15.3. The number of nitrogens with one attached hydrogen (secondary N) is 1. The Kier molecular flexibility index (Phi) is 2.82. The van der Waals surface area contributed by atoms with Gasteiger partial charge in [0, 0.05) is 19.3 Å². The molecule has 17 heavy (non-hydrogen) atoms. The zero-order valence-corrected chi connectivity index (χ0v) is 9.81. The number of nitrogen functional groups attached to an aromatic ring is 2. The van der Waals surface area contributed by atoms with Crippen molar-refractivity contribution in [3.05, 3.63) is 18.0 Å². The fourth-order valence-corrected chi connectivity index (χ4v) is 1.59. The van der Waals surface area contributed by atoms with E-state index < -0.39 is 0 Å². The summed E-state index contributed by atoms with van der Waals surface area (Å²) >= 11 is 0. The minimum absolute atomic E-state index is 0.148. The van der Waals surface area contributed by atoms with Gasteiger partial charge in [0.15, 0.2) is 0 Å². The Morgan fingerprint density at radius 2 is 2.12 bits per heavy atom. The molecule has 0 unspecified atom stereocenters. The number of hydrogen-bond acceptors (Lipinski definition) is 6. The van der Waals surface area contributed by atoms with Gasteiger partial charge in [0.2, 0.25) is 5.95 Å². The van der Waals surface area contributed by atoms with Crippen LogP contribution in [0.4, 0.5) is 23.3 Å². The van der Waals surface area contributed by atoms with E-state index in [1.807, 2.05) is 20.2 Å². The molecule has 2 heterocycles. The van der Waals surface area contributed by atoms with Crippen LogP contribution < -0.4 is 16.8 Å². The van der Waals surface area contributed by atoms with Crippen molar-refractivity contribution in [2.45, 2.75) is 13.3 Å². The Morgan fingerprint density at radius 1 is 1.35 bits per heavy atom. The summed E-state index contributed by atoms with van der Waals surface area (Å²) in [5.74, 6) is 1.05. The van der Waals surface area contributed by atoms with Crippen molar-refractivity contribution in [2.24, 2.45) is 7.05 Å². The lowest BCUT2D eigenvalue weighted by molar-refractivity contribution is 0.746. The van der Waals surface area contributed by atoms with E-state index in [0.29, 0.717) is 11.6 Å². The zero-order chi connectivity index (χ0) is 12.4. The van der Waals surface area contributed by atoms with E-state index in [-0.39, 0.29) is 5.95 Å². The molecule has 2 aromatic heterocycles. The van der Waals surface area contributed by atoms with Crippen LogP contribution in [0.2, 0.25) is 0 Å². The van der Waals surface area contributed by atoms with Crippen LogP contribution in [-0.4, -0.2) is 19.7 Å². The molecule has 7 heteroatoms. The van der Waals surface area contributed by atoms with Crippen LogP contribution in [0.5, 0.6) is 0 Å². The fraction of sp³-hybridized carbons (Fsp3) is 0.300. The van der Waals surface area contributed by atoms with E-state index >= 15 is 0 Å². The number of anilines is 4. The van der Waals surface area contributed by atoms with Gasteiger partial charge in [0.05, 0.1) is 11.4 Å². The van der Waals surface area contributed by atoms with Gasteiger partial charge in [-0.25, -0.2) is 0 Å². The molecule has 0 radical (unpaired) electrons. The second-order valence-corrected chi connectivity index (χ2v) is 3.68. The summed E-state index contributed by atoms with van der Waals surface area (Å²) in [7, 11) is 1.87. The molecule has 0 aromatic carbocycles. The molecule has 0 aliphatic rings. The smallest absolute Gasteiger partial charge is 0.223 e. The maximum Gasteiger partial charge on any atom is 0.223 e. The van der Waals surface area contributed by atoms with Crippen LogP contribution in [0, 0.1) is 0 Å². The number of aryl methyl sites for hydroxylation is 2. The number of hydrogen-bond donors (Lipinski definition) is 3. The number of nitrogens with zero attached hydrogens (tertiary/aromatic N) is 4. The average Bonchev–Trinajstić information content (AvgIpc) is 2.57. The zero-order valence-electron chi connectivity index (χ0n) is 9.81. The van der Waals surface area contributed by atoms with E-state index in [1.54, 1.807) is 10.7 Å². The monoisotopic (exact) mass is 233 g/mol. The molecule has 7 nitrogen and oxygen atoms in total. The van der Waals surface area contributed by atoms with Crippen LogP contribution >= 0.6 is 0 Å². The van der Waals surface area contributed by atoms with Gasteiger partial charge in [-0.3, -0.25) is 4.68 Å². The second-order valence-electron chi connectivity index (χ2n) is 3.68. The molecule has 0 spiro atoms. The number of rotatable bonds is 3. The molecule has 0 saturated carbocycles. The minimum atomic E-state index is 0.148. The maximum absolute atomic E-state index is 5.60. The first kappa shape index (κ1) is 11.2. The number of aromatic nitrogens is 4. The normalized spacial score (nSPS) is 10.5. The number of nitrogens with two attached hydrogens (primary N) is 2. The largest absolute Gasteiger partial charge is 0.383 e. The third-order valence-corrected chi connectivity index (χ3v) is 2.27. The van der Waals surface area contributed by atoms with Gasteiger partial charge in [0.1, 0.15) is 11.6 Å². The molecule has 0 amide bonds. The van der Waals surface area contributed by atoms with Gasteiger partial charge < -0.3 is 16.8 Å². The van der Waals surface area contributed by atoms with Crippen molar-refractivity contribution in [1.29, 1.82) is 0 Å². The molecule has 5 N–H and O–H groups in total. The molecular weight excluding hydrogens is 218 g/mol. The Balaban J connectivity index is 2.30. The lowest BCUT2D eigenvalue weighted by Crippen LogP contribution is -2.03. The van der Waals surface area contributed by atoms with E-state index in [2.05, 4.69) is 20.4 Å². The van der Waals surface area contributed by atoms with Gasteiger partial charge >= 0.3 is 0 Å². The van der Waals surface area contributed by atoms with Gasteiger partial charge in [-0.15, -0.1) is 0 Å². The minimum Gasteiger partial charge on any atom is -0.383 e. The van der Waals surface area contributed by atoms with Crippen LogP contribution in [0.3, 0.4) is 0 Å². The third kappa shape index (κ3) is 2.44. The quantitative estimate of drug-likeness (QED) is 0.719. The summed E-state index contributed by atoms with van der Waals surface area (Å²) < 4.78 is 1.75. The maximum atomic E-state index is 5.60. The topological polar surface area (TPSA) is 108 Å². The first-order valence-electron chi connectivity index (χ1n) is 5.28. The van der Waals surface area contributed by atoms with E-state index in [1.165, 1.54) is 0 Å². The van der Waals surface area contributed by atoms with Crippen molar-refractivity contribution in [2.75, 3.05) is 16.8 Å². The molecular formula is C10H15N7. The van der Waals surface area contributed by atoms with Crippen LogP contribution in [0.25, 0.3) is 0 Å². The molecule has 0 saturated heterocycles. The predicted molar refractivity (Wildman–Crippen MR) is 66.7 cm³/mol. The summed E-state index contributed by atoms with van der Waals surface area (Å²) in [6.45, 7) is 2.04. The van der Waals surface area contributed by atoms with Gasteiger partial charge in [-0.2, -0.15) is 15.1 Å². The van der Waals surface area contributed by atoms with Crippen molar-refractivity contribution >= 4 is 23.3 Å². The average molecular weight is 233 g/mol. The molecule has 0 bridgehead atoms. The SMILES string of the molecule is CCc1nn(C)cc1Nc1cc(N)nc(N)n1. The van der Waals surface area contributed by atoms with E-state index in [4.69, 9.17) is 11.5 Å².